The second-order valence-corrected chi connectivity index (χ2v) is 14.7. The van der Waals surface area contributed by atoms with Gasteiger partial charge in [-0.2, -0.15) is 10.5 Å². The largest absolute Gasteiger partial charge is 0.455 e. The fraction of sp³-hybridized carbons (Fsp3) is 0. The molecule has 0 aliphatic heterocycles. The molecule has 8 aromatic carbocycles. The Morgan fingerprint density at radius 2 is 1.15 bits per heavy atom. The van der Waals surface area contributed by atoms with Crippen molar-refractivity contribution >= 4 is 76.5 Å². The Labute approximate surface area is 336 Å². The molecule has 4 aromatic heterocycles. The summed E-state index contributed by atoms with van der Waals surface area (Å²) in [6.45, 7) is 0. The standard InChI is InChI=1S/C52H28N6O/c53-29-31-13-12-16-35(27-31)57-42-22-9-6-19-38(42)46-49(57)45-37-18-5-10-23-43(37)58(50(45)47-39-20-7-11-24-44(39)59-51(46)47)41-26-25-33(28-34(41)30-54)48-36-17-4-8-21-40(36)55-52(56-48)32-14-2-1-3-15-32/h1-28H. The van der Waals surface area contributed by atoms with Gasteiger partial charge in [0.1, 0.15) is 17.2 Å². The average molecular weight is 753 g/mol. The van der Waals surface area contributed by atoms with Gasteiger partial charge in [0.25, 0.3) is 0 Å². The Kier molecular flexibility index (Phi) is 6.92. The number of nitriles is 2. The first-order chi connectivity index (χ1) is 29.2. The van der Waals surface area contributed by atoms with E-state index in [9.17, 15) is 10.5 Å². The van der Waals surface area contributed by atoms with E-state index in [2.05, 4.69) is 69.8 Å². The third-order valence-corrected chi connectivity index (χ3v) is 11.5. The van der Waals surface area contributed by atoms with E-state index in [1.165, 1.54) is 0 Å². The molecule has 0 N–H and O–H groups in total. The molecule has 0 aliphatic rings. The zero-order valence-electron chi connectivity index (χ0n) is 31.3. The monoisotopic (exact) mass is 752 g/mol. The van der Waals surface area contributed by atoms with Crippen LogP contribution in [0.3, 0.4) is 0 Å². The van der Waals surface area contributed by atoms with E-state index in [0.29, 0.717) is 17.0 Å². The van der Waals surface area contributed by atoms with Crippen molar-refractivity contribution in [3.8, 4) is 46.2 Å². The maximum absolute atomic E-state index is 11.1. The predicted octanol–water partition coefficient (Wildman–Crippen LogP) is 12.8. The first kappa shape index (κ1) is 32.7. The maximum atomic E-state index is 11.1. The van der Waals surface area contributed by atoms with Gasteiger partial charge in [-0.05, 0) is 54.6 Å². The summed E-state index contributed by atoms with van der Waals surface area (Å²) in [5, 5.41) is 28.0. The molecule has 12 rings (SSSR count). The van der Waals surface area contributed by atoms with E-state index >= 15 is 0 Å². The van der Waals surface area contributed by atoms with Crippen molar-refractivity contribution in [2.24, 2.45) is 0 Å². The summed E-state index contributed by atoms with van der Waals surface area (Å²) >= 11 is 0. The topological polar surface area (TPSA) is 96.4 Å². The normalized spacial score (nSPS) is 11.7. The van der Waals surface area contributed by atoms with Gasteiger partial charge in [-0.15, -0.1) is 0 Å². The van der Waals surface area contributed by atoms with E-state index in [4.69, 9.17) is 14.4 Å². The number of hydrogen-bond acceptors (Lipinski definition) is 5. The molecule has 0 saturated carbocycles. The molecule has 0 saturated heterocycles. The quantitative estimate of drug-likeness (QED) is 0.178. The smallest absolute Gasteiger partial charge is 0.160 e. The van der Waals surface area contributed by atoms with Gasteiger partial charge in [0.15, 0.2) is 5.82 Å². The van der Waals surface area contributed by atoms with Crippen LogP contribution in [0.5, 0.6) is 0 Å². The minimum absolute atomic E-state index is 0.498. The highest BCUT2D eigenvalue weighted by Gasteiger charge is 2.28. The molecule has 0 fully saturated rings. The molecule has 0 spiro atoms. The number of fused-ring (bicyclic) bond motifs is 13. The molecular formula is C52H28N6O. The van der Waals surface area contributed by atoms with Gasteiger partial charge in [-0.3, -0.25) is 0 Å². The second kappa shape index (κ2) is 12.5. The van der Waals surface area contributed by atoms with Crippen LogP contribution in [0.15, 0.2) is 174 Å². The molecular weight excluding hydrogens is 725 g/mol. The number of aromatic nitrogens is 4. The van der Waals surface area contributed by atoms with Crippen molar-refractivity contribution in [2.45, 2.75) is 0 Å². The Morgan fingerprint density at radius 1 is 0.492 bits per heavy atom. The molecule has 4 heterocycles. The van der Waals surface area contributed by atoms with Gasteiger partial charge in [0.05, 0.1) is 66.9 Å². The van der Waals surface area contributed by atoms with E-state index in [1.807, 2.05) is 121 Å². The summed E-state index contributed by atoms with van der Waals surface area (Å²) in [4.78, 5) is 10.0. The van der Waals surface area contributed by atoms with Crippen LogP contribution in [-0.4, -0.2) is 19.1 Å². The summed E-state index contributed by atoms with van der Waals surface area (Å²) in [5.74, 6) is 0.623. The van der Waals surface area contributed by atoms with Gasteiger partial charge in [0.2, 0.25) is 0 Å². The summed E-state index contributed by atoms with van der Waals surface area (Å²) in [5.41, 5.74) is 11.4. The van der Waals surface area contributed by atoms with Gasteiger partial charge in [0, 0.05) is 43.7 Å². The average Bonchev–Trinajstić information content (AvgIpc) is 3.97. The van der Waals surface area contributed by atoms with Gasteiger partial charge in [-0.1, -0.05) is 115 Å². The Balaban J connectivity index is 1.23. The van der Waals surface area contributed by atoms with Crippen LogP contribution >= 0.6 is 0 Å². The summed E-state index contributed by atoms with van der Waals surface area (Å²) < 4.78 is 11.4. The number of nitrogens with zero attached hydrogens (tertiary/aromatic N) is 6. The van der Waals surface area contributed by atoms with Gasteiger partial charge < -0.3 is 13.6 Å². The Hall–Kier alpha value is -8.52. The first-order valence-corrected chi connectivity index (χ1v) is 19.4. The lowest BCUT2D eigenvalue weighted by atomic mass is 10.0. The van der Waals surface area contributed by atoms with Crippen molar-refractivity contribution in [3.63, 3.8) is 0 Å². The van der Waals surface area contributed by atoms with E-state index in [0.717, 1.165) is 105 Å². The van der Waals surface area contributed by atoms with E-state index < -0.39 is 0 Å². The van der Waals surface area contributed by atoms with Crippen LogP contribution in [0.25, 0.3) is 110 Å². The number of para-hydroxylation sites is 4. The van der Waals surface area contributed by atoms with Crippen LogP contribution in [0, 0.1) is 22.7 Å². The summed E-state index contributed by atoms with van der Waals surface area (Å²) in [7, 11) is 0. The fourth-order valence-electron chi connectivity index (χ4n) is 9.09. The lowest BCUT2D eigenvalue weighted by Crippen LogP contribution is -2.00. The molecule has 7 nitrogen and oxygen atoms in total. The van der Waals surface area contributed by atoms with Crippen LogP contribution in [0.1, 0.15) is 11.1 Å². The molecule has 0 unspecified atom stereocenters. The van der Waals surface area contributed by atoms with Crippen LogP contribution < -0.4 is 0 Å². The molecule has 0 radical (unpaired) electrons. The number of furan rings is 1. The zero-order valence-corrected chi connectivity index (χ0v) is 31.3. The molecule has 272 valence electrons. The number of benzene rings is 8. The van der Waals surface area contributed by atoms with Crippen LogP contribution in [0.4, 0.5) is 0 Å². The number of rotatable bonds is 4. The van der Waals surface area contributed by atoms with Crippen molar-refractivity contribution in [1.82, 2.24) is 19.1 Å². The van der Waals surface area contributed by atoms with Crippen LogP contribution in [-0.2, 0) is 0 Å². The van der Waals surface area contributed by atoms with E-state index in [-0.39, 0.29) is 0 Å². The minimum atomic E-state index is 0.498. The molecule has 59 heavy (non-hydrogen) atoms. The number of hydrogen-bond donors (Lipinski definition) is 0. The highest BCUT2D eigenvalue weighted by molar-refractivity contribution is 6.39. The van der Waals surface area contributed by atoms with Crippen LogP contribution in [0.2, 0.25) is 0 Å². The lowest BCUT2D eigenvalue weighted by molar-refractivity contribution is 0.673. The van der Waals surface area contributed by atoms with Crippen molar-refractivity contribution in [2.75, 3.05) is 0 Å². The second-order valence-electron chi connectivity index (χ2n) is 14.7. The molecule has 0 atom stereocenters. The highest BCUT2D eigenvalue weighted by atomic mass is 16.3. The van der Waals surface area contributed by atoms with Gasteiger partial charge in [-0.25, -0.2) is 9.97 Å². The molecule has 12 aromatic rings. The lowest BCUT2D eigenvalue weighted by Gasteiger charge is -2.14. The minimum Gasteiger partial charge on any atom is -0.455 e. The third-order valence-electron chi connectivity index (χ3n) is 11.5. The van der Waals surface area contributed by atoms with Crippen molar-refractivity contribution in [3.05, 3.63) is 181 Å². The maximum Gasteiger partial charge on any atom is 0.160 e. The summed E-state index contributed by atoms with van der Waals surface area (Å²) in [6, 6.07) is 61.7. The Morgan fingerprint density at radius 3 is 1.95 bits per heavy atom. The molecule has 0 aliphatic carbocycles. The Bertz CT molecular complexity index is 3820. The third kappa shape index (κ3) is 4.67. The fourth-order valence-corrected chi connectivity index (χ4v) is 9.09. The zero-order chi connectivity index (χ0) is 39.2. The summed E-state index contributed by atoms with van der Waals surface area (Å²) in [6.07, 6.45) is 0. The molecule has 7 heteroatoms. The van der Waals surface area contributed by atoms with Gasteiger partial charge >= 0.3 is 0 Å². The predicted molar refractivity (Wildman–Crippen MR) is 236 cm³/mol. The SMILES string of the molecule is N#Cc1cccc(-n2c3ccccc3c3c4oc5ccccc5c4c4c(c5ccccc5n4-c4ccc(-c5nc(-c6ccccc6)nc6ccccc56)cc4C#N)c32)c1. The first-order valence-electron chi connectivity index (χ1n) is 19.4. The van der Waals surface area contributed by atoms with Crippen molar-refractivity contribution in [1.29, 1.82) is 10.5 Å². The van der Waals surface area contributed by atoms with Crippen molar-refractivity contribution < 1.29 is 4.42 Å². The highest BCUT2D eigenvalue weighted by Crippen LogP contribution is 2.49. The molecule has 0 bridgehead atoms. The molecule has 0 amide bonds. The van der Waals surface area contributed by atoms with E-state index in [1.54, 1.807) is 0 Å².